The third kappa shape index (κ3) is 2.43. The fourth-order valence-electron chi connectivity index (χ4n) is 2.22. The maximum atomic E-state index is 12.0. The van der Waals surface area contributed by atoms with Gasteiger partial charge in [0.15, 0.2) is 0 Å². The fourth-order valence-corrected chi connectivity index (χ4v) is 2.22. The Morgan fingerprint density at radius 1 is 1.41 bits per heavy atom. The van der Waals surface area contributed by atoms with Gasteiger partial charge in [0.2, 0.25) is 5.91 Å². The van der Waals surface area contributed by atoms with Crippen molar-refractivity contribution < 1.29 is 4.79 Å². The number of aryl methyl sites for hydroxylation is 1. The molecule has 2 rings (SSSR count). The molecule has 1 amide bonds. The molecule has 1 aromatic rings. The Morgan fingerprint density at radius 3 is 2.88 bits per heavy atom. The van der Waals surface area contributed by atoms with E-state index in [4.69, 9.17) is 5.73 Å². The van der Waals surface area contributed by atoms with Crippen LogP contribution < -0.4 is 10.6 Å². The molecule has 0 aliphatic carbocycles. The Labute approximate surface area is 103 Å². The summed E-state index contributed by atoms with van der Waals surface area (Å²) in [6.07, 6.45) is 2.51. The number of nitrogens with two attached hydrogens (primary N) is 1. The van der Waals surface area contributed by atoms with Crippen molar-refractivity contribution in [1.82, 2.24) is 0 Å². The summed E-state index contributed by atoms with van der Waals surface area (Å²) in [5.41, 5.74) is 8.82. The van der Waals surface area contributed by atoms with Gasteiger partial charge < -0.3 is 10.6 Å². The average molecular weight is 232 g/mol. The number of carbonyl (C=O) groups excluding carboxylic acids is 1. The average Bonchev–Trinajstić information content (AvgIpc) is 2.32. The molecule has 1 aromatic carbocycles. The minimum absolute atomic E-state index is 0.238. The quantitative estimate of drug-likeness (QED) is 0.814. The van der Waals surface area contributed by atoms with Gasteiger partial charge in [0, 0.05) is 24.3 Å². The zero-order valence-corrected chi connectivity index (χ0v) is 10.6. The molecule has 3 nitrogen and oxygen atoms in total. The smallest absolute Gasteiger partial charge is 0.227 e. The fraction of sp³-hybridized carbons (Fsp3) is 0.500. The number of nitrogen functional groups attached to an aromatic ring is 1. The number of fused-ring (bicyclic) bond motifs is 1. The monoisotopic (exact) mass is 232 g/mol. The van der Waals surface area contributed by atoms with E-state index in [-0.39, 0.29) is 5.91 Å². The van der Waals surface area contributed by atoms with Crippen LogP contribution in [0.25, 0.3) is 0 Å². The molecule has 0 radical (unpaired) electrons. The van der Waals surface area contributed by atoms with E-state index in [1.165, 1.54) is 5.56 Å². The number of carbonyl (C=O) groups is 1. The Kier molecular flexibility index (Phi) is 3.36. The van der Waals surface area contributed by atoms with Gasteiger partial charge in [0.05, 0.1) is 0 Å². The Balaban J connectivity index is 2.30. The van der Waals surface area contributed by atoms with Crippen molar-refractivity contribution in [3.05, 3.63) is 23.8 Å². The zero-order valence-electron chi connectivity index (χ0n) is 10.6. The molecule has 92 valence electrons. The van der Waals surface area contributed by atoms with Crippen LogP contribution in [-0.4, -0.2) is 12.5 Å². The number of hydrogen-bond acceptors (Lipinski definition) is 2. The molecule has 1 aliphatic rings. The normalized spacial score (nSPS) is 16.8. The number of anilines is 2. The van der Waals surface area contributed by atoms with Crippen molar-refractivity contribution in [2.24, 2.45) is 5.92 Å². The van der Waals surface area contributed by atoms with Crippen LogP contribution in [-0.2, 0) is 11.2 Å². The van der Waals surface area contributed by atoms with Gasteiger partial charge in [-0.25, -0.2) is 0 Å². The minimum Gasteiger partial charge on any atom is -0.399 e. The maximum absolute atomic E-state index is 12.0. The second-order valence-corrected chi connectivity index (χ2v) is 4.91. The molecule has 0 saturated carbocycles. The number of hydrogen-bond donors (Lipinski definition) is 1. The van der Waals surface area contributed by atoms with E-state index in [1.54, 1.807) is 0 Å². The highest BCUT2D eigenvalue weighted by atomic mass is 16.2. The van der Waals surface area contributed by atoms with Crippen LogP contribution in [0.1, 0.15) is 32.3 Å². The highest BCUT2D eigenvalue weighted by Crippen LogP contribution is 2.30. The molecule has 0 fully saturated rings. The zero-order chi connectivity index (χ0) is 12.4. The van der Waals surface area contributed by atoms with Crippen LogP contribution >= 0.6 is 0 Å². The molecule has 1 unspecified atom stereocenters. The standard InChI is InChI=1S/C14H20N2O/c1-3-10(2)9-16-13-6-5-12(15)8-11(13)4-7-14(16)17/h5-6,8,10H,3-4,7,9,15H2,1-2H3. The number of benzene rings is 1. The first kappa shape index (κ1) is 12.0. The lowest BCUT2D eigenvalue weighted by molar-refractivity contribution is -0.119. The molecule has 1 aliphatic heterocycles. The molecule has 0 spiro atoms. The van der Waals surface area contributed by atoms with E-state index in [0.717, 1.165) is 30.8 Å². The lowest BCUT2D eigenvalue weighted by Crippen LogP contribution is -2.38. The van der Waals surface area contributed by atoms with Gasteiger partial charge in [0.25, 0.3) is 0 Å². The second-order valence-electron chi connectivity index (χ2n) is 4.91. The molecule has 0 saturated heterocycles. The molecule has 2 N–H and O–H groups in total. The Bertz CT molecular complexity index is 428. The van der Waals surface area contributed by atoms with Crippen LogP contribution in [0.3, 0.4) is 0 Å². The Morgan fingerprint density at radius 2 is 2.18 bits per heavy atom. The summed E-state index contributed by atoms with van der Waals surface area (Å²) in [6.45, 7) is 5.15. The number of rotatable bonds is 3. The SMILES string of the molecule is CCC(C)CN1C(=O)CCc2cc(N)ccc21. The van der Waals surface area contributed by atoms with Crippen molar-refractivity contribution >= 4 is 17.3 Å². The first-order chi connectivity index (χ1) is 8.11. The van der Waals surface area contributed by atoms with E-state index in [0.29, 0.717) is 12.3 Å². The molecule has 0 aromatic heterocycles. The van der Waals surface area contributed by atoms with Gasteiger partial charge in [-0.05, 0) is 36.1 Å². The predicted octanol–water partition coefficient (Wildman–Crippen LogP) is 2.59. The van der Waals surface area contributed by atoms with Crippen LogP contribution in [0.5, 0.6) is 0 Å². The van der Waals surface area contributed by atoms with E-state index in [9.17, 15) is 4.79 Å². The molecule has 3 heteroatoms. The molecule has 1 heterocycles. The third-order valence-corrected chi connectivity index (χ3v) is 3.49. The molecular weight excluding hydrogens is 212 g/mol. The van der Waals surface area contributed by atoms with Crippen molar-refractivity contribution in [3.8, 4) is 0 Å². The summed E-state index contributed by atoms with van der Waals surface area (Å²) in [4.78, 5) is 13.9. The van der Waals surface area contributed by atoms with Gasteiger partial charge in [-0.2, -0.15) is 0 Å². The van der Waals surface area contributed by atoms with E-state index in [1.807, 2.05) is 23.1 Å². The number of nitrogens with zero attached hydrogens (tertiary/aromatic N) is 1. The number of amides is 1. The van der Waals surface area contributed by atoms with Crippen molar-refractivity contribution in [1.29, 1.82) is 0 Å². The molecule has 17 heavy (non-hydrogen) atoms. The highest BCUT2D eigenvalue weighted by molar-refractivity contribution is 5.96. The summed E-state index contributed by atoms with van der Waals surface area (Å²) in [7, 11) is 0. The van der Waals surface area contributed by atoms with Crippen LogP contribution in [0.15, 0.2) is 18.2 Å². The van der Waals surface area contributed by atoms with E-state index >= 15 is 0 Å². The summed E-state index contributed by atoms with van der Waals surface area (Å²) >= 11 is 0. The van der Waals surface area contributed by atoms with Gasteiger partial charge >= 0.3 is 0 Å². The molecule has 0 bridgehead atoms. The third-order valence-electron chi connectivity index (χ3n) is 3.49. The topological polar surface area (TPSA) is 46.3 Å². The van der Waals surface area contributed by atoms with E-state index < -0.39 is 0 Å². The van der Waals surface area contributed by atoms with Crippen molar-refractivity contribution in [2.75, 3.05) is 17.2 Å². The Hall–Kier alpha value is -1.51. The molecule has 1 atom stereocenters. The van der Waals surface area contributed by atoms with Crippen LogP contribution in [0, 0.1) is 5.92 Å². The van der Waals surface area contributed by atoms with Crippen LogP contribution in [0.2, 0.25) is 0 Å². The minimum atomic E-state index is 0.238. The van der Waals surface area contributed by atoms with Gasteiger partial charge in [-0.15, -0.1) is 0 Å². The van der Waals surface area contributed by atoms with Gasteiger partial charge in [-0.1, -0.05) is 20.3 Å². The summed E-state index contributed by atoms with van der Waals surface area (Å²) in [5, 5.41) is 0. The summed E-state index contributed by atoms with van der Waals surface area (Å²) in [5.74, 6) is 0.769. The van der Waals surface area contributed by atoms with Crippen molar-refractivity contribution in [3.63, 3.8) is 0 Å². The largest absolute Gasteiger partial charge is 0.399 e. The lowest BCUT2D eigenvalue weighted by atomic mass is 9.98. The van der Waals surface area contributed by atoms with Gasteiger partial charge in [0.1, 0.15) is 0 Å². The van der Waals surface area contributed by atoms with Crippen molar-refractivity contribution in [2.45, 2.75) is 33.1 Å². The first-order valence-electron chi connectivity index (χ1n) is 6.30. The second kappa shape index (κ2) is 4.78. The van der Waals surface area contributed by atoms with Gasteiger partial charge in [-0.3, -0.25) is 4.79 Å². The van der Waals surface area contributed by atoms with E-state index in [2.05, 4.69) is 13.8 Å². The van der Waals surface area contributed by atoms with Crippen LogP contribution in [0.4, 0.5) is 11.4 Å². The summed E-state index contributed by atoms with van der Waals surface area (Å²) in [6, 6.07) is 5.84. The summed E-state index contributed by atoms with van der Waals surface area (Å²) < 4.78 is 0. The lowest BCUT2D eigenvalue weighted by Gasteiger charge is -2.31. The molecular formula is C14H20N2O. The first-order valence-corrected chi connectivity index (χ1v) is 6.30. The highest BCUT2D eigenvalue weighted by Gasteiger charge is 2.24. The maximum Gasteiger partial charge on any atom is 0.227 e. The predicted molar refractivity (Wildman–Crippen MR) is 71.0 cm³/mol.